The molecule has 2 saturated heterocycles. The van der Waals surface area contributed by atoms with Crippen molar-refractivity contribution in [2.24, 2.45) is 0 Å². The van der Waals surface area contributed by atoms with Crippen LogP contribution in [0.25, 0.3) is 0 Å². The molecule has 128 valence electrons. The molecule has 0 bridgehead atoms. The average molecular weight is 330 g/mol. The summed E-state index contributed by atoms with van der Waals surface area (Å²) < 4.78 is 0. The van der Waals surface area contributed by atoms with Crippen molar-refractivity contribution in [1.29, 1.82) is 0 Å². The minimum atomic E-state index is -0.773. The fourth-order valence-corrected chi connectivity index (χ4v) is 3.08. The normalized spacial score (nSPS) is 20.0. The van der Waals surface area contributed by atoms with E-state index in [0.717, 1.165) is 18.7 Å². The lowest BCUT2D eigenvalue weighted by molar-refractivity contribution is -0.133. The van der Waals surface area contributed by atoms with E-state index in [1.807, 2.05) is 12.1 Å². The van der Waals surface area contributed by atoms with Crippen LogP contribution >= 0.6 is 0 Å². The van der Waals surface area contributed by atoms with Gasteiger partial charge >= 0.3 is 6.03 Å². The minimum Gasteiger partial charge on any atom is -0.372 e. The number of carbonyl (C=O) groups is 3. The Labute approximate surface area is 141 Å². The van der Waals surface area contributed by atoms with Crippen molar-refractivity contribution in [3.8, 4) is 0 Å². The highest BCUT2D eigenvalue weighted by Crippen LogP contribution is 2.21. The van der Waals surface area contributed by atoms with Gasteiger partial charge in [-0.2, -0.15) is 0 Å². The van der Waals surface area contributed by atoms with E-state index in [1.54, 1.807) is 11.9 Å². The Kier molecular flexibility index (Phi) is 4.69. The number of anilines is 1. The highest BCUT2D eigenvalue weighted by molar-refractivity contribution is 6.05. The van der Waals surface area contributed by atoms with Crippen molar-refractivity contribution >= 4 is 23.5 Å². The van der Waals surface area contributed by atoms with Gasteiger partial charge in [0.25, 0.3) is 5.91 Å². The van der Waals surface area contributed by atoms with Crippen LogP contribution in [0.5, 0.6) is 0 Å². The molecular weight excluding hydrogens is 308 g/mol. The number of imide groups is 1. The van der Waals surface area contributed by atoms with Crippen LogP contribution in [0, 0.1) is 0 Å². The first-order valence-corrected chi connectivity index (χ1v) is 8.22. The number of urea groups is 1. The lowest BCUT2D eigenvalue weighted by Gasteiger charge is -2.20. The van der Waals surface area contributed by atoms with E-state index in [4.69, 9.17) is 0 Å². The van der Waals surface area contributed by atoms with Crippen molar-refractivity contribution < 1.29 is 14.4 Å². The van der Waals surface area contributed by atoms with Crippen molar-refractivity contribution in [2.75, 3.05) is 25.0 Å². The summed E-state index contributed by atoms with van der Waals surface area (Å²) >= 11 is 0. The number of rotatable bonds is 5. The Morgan fingerprint density at radius 3 is 2.46 bits per heavy atom. The first-order chi connectivity index (χ1) is 11.5. The van der Waals surface area contributed by atoms with Gasteiger partial charge in [0.1, 0.15) is 6.04 Å². The smallest absolute Gasteiger partial charge is 0.322 e. The monoisotopic (exact) mass is 330 g/mol. The molecule has 0 radical (unpaired) electrons. The van der Waals surface area contributed by atoms with Gasteiger partial charge in [-0.15, -0.1) is 0 Å². The molecular formula is C17H22N4O3. The molecule has 0 spiro atoms. The van der Waals surface area contributed by atoms with E-state index in [9.17, 15) is 14.4 Å². The van der Waals surface area contributed by atoms with Crippen molar-refractivity contribution in [3.05, 3.63) is 29.8 Å². The highest BCUT2D eigenvalue weighted by atomic mass is 16.2. The van der Waals surface area contributed by atoms with Gasteiger partial charge in [-0.3, -0.25) is 14.9 Å². The Hall–Kier alpha value is -2.57. The fourth-order valence-electron chi connectivity index (χ4n) is 3.08. The molecule has 0 aromatic heterocycles. The Morgan fingerprint density at radius 2 is 1.88 bits per heavy atom. The third-order valence-corrected chi connectivity index (χ3v) is 4.49. The molecule has 7 nitrogen and oxygen atoms in total. The van der Waals surface area contributed by atoms with Gasteiger partial charge in [-0.1, -0.05) is 12.1 Å². The lowest BCUT2D eigenvalue weighted by Crippen LogP contribution is -2.36. The third-order valence-electron chi connectivity index (χ3n) is 4.49. The largest absolute Gasteiger partial charge is 0.372 e. The van der Waals surface area contributed by atoms with Crippen LogP contribution in [-0.4, -0.2) is 48.9 Å². The summed E-state index contributed by atoms with van der Waals surface area (Å²) in [6.07, 6.45) is 2.45. The molecule has 2 aliphatic heterocycles. The number of hydrogen-bond donors (Lipinski definition) is 2. The molecule has 1 aromatic carbocycles. The average Bonchev–Trinajstić information content (AvgIpc) is 3.18. The van der Waals surface area contributed by atoms with Crippen LogP contribution in [0.15, 0.2) is 24.3 Å². The summed E-state index contributed by atoms with van der Waals surface area (Å²) in [4.78, 5) is 38.7. The zero-order chi connectivity index (χ0) is 17.1. The number of amides is 4. The van der Waals surface area contributed by atoms with Gasteiger partial charge in [0, 0.05) is 32.4 Å². The molecule has 1 unspecified atom stereocenters. The van der Waals surface area contributed by atoms with Crippen molar-refractivity contribution in [1.82, 2.24) is 15.5 Å². The molecule has 3 rings (SSSR count). The van der Waals surface area contributed by atoms with E-state index >= 15 is 0 Å². The van der Waals surface area contributed by atoms with Gasteiger partial charge in [-0.05, 0) is 30.5 Å². The minimum absolute atomic E-state index is 0.0278. The van der Waals surface area contributed by atoms with E-state index < -0.39 is 18.0 Å². The number of nitrogens with one attached hydrogen (secondary N) is 2. The van der Waals surface area contributed by atoms with Crippen LogP contribution in [0.2, 0.25) is 0 Å². The summed E-state index contributed by atoms with van der Waals surface area (Å²) in [5, 5.41) is 4.57. The van der Waals surface area contributed by atoms with Gasteiger partial charge < -0.3 is 15.1 Å². The zero-order valence-corrected chi connectivity index (χ0v) is 13.7. The first kappa shape index (κ1) is 16.3. The Balaban J connectivity index is 1.53. The molecule has 1 aromatic rings. The summed E-state index contributed by atoms with van der Waals surface area (Å²) in [7, 11) is 1.70. The second-order valence-corrected chi connectivity index (χ2v) is 6.33. The van der Waals surface area contributed by atoms with Gasteiger partial charge in [0.15, 0.2) is 0 Å². The van der Waals surface area contributed by atoms with Crippen LogP contribution in [-0.2, 0) is 16.1 Å². The molecule has 1 atom stereocenters. The second-order valence-electron chi connectivity index (χ2n) is 6.33. The van der Waals surface area contributed by atoms with Crippen LogP contribution in [0.1, 0.15) is 24.8 Å². The molecule has 2 aliphatic rings. The van der Waals surface area contributed by atoms with Gasteiger partial charge in [-0.25, -0.2) is 4.79 Å². The second kappa shape index (κ2) is 6.90. The zero-order valence-electron chi connectivity index (χ0n) is 13.7. The molecule has 4 amide bonds. The van der Waals surface area contributed by atoms with Gasteiger partial charge in [0.05, 0.1) is 6.42 Å². The molecule has 0 saturated carbocycles. The molecule has 2 fully saturated rings. The predicted molar refractivity (Wildman–Crippen MR) is 89.4 cm³/mol. The number of carbonyl (C=O) groups excluding carboxylic acids is 3. The molecule has 2 heterocycles. The van der Waals surface area contributed by atoms with E-state index in [-0.39, 0.29) is 12.3 Å². The maximum atomic E-state index is 12.2. The number of hydrogen-bond acceptors (Lipinski definition) is 4. The summed E-state index contributed by atoms with van der Waals surface area (Å²) in [5.41, 5.74) is 2.25. The maximum Gasteiger partial charge on any atom is 0.322 e. The summed E-state index contributed by atoms with van der Waals surface area (Å²) in [5.74, 6) is -0.627. The SMILES string of the molecule is CN(Cc1ccc(N2CCCC2)cc1)C(=O)CC1NC(=O)NC1=O. The summed E-state index contributed by atoms with van der Waals surface area (Å²) in [6, 6.07) is 6.92. The molecule has 2 N–H and O–H groups in total. The Morgan fingerprint density at radius 1 is 1.21 bits per heavy atom. The van der Waals surface area contributed by atoms with Crippen LogP contribution in [0.4, 0.5) is 10.5 Å². The highest BCUT2D eigenvalue weighted by Gasteiger charge is 2.32. The summed E-state index contributed by atoms with van der Waals surface area (Å²) in [6.45, 7) is 2.68. The topological polar surface area (TPSA) is 81.8 Å². The fraction of sp³-hybridized carbons (Fsp3) is 0.471. The maximum absolute atomic E-state index is 12.2. The van der Waals surface area contributed by atoms with Crippen LogP contribution in [0.3, 0.4) is 0 Å². The Bertz CT molecular complexity index is 638. The van der Waals surface area contributed by atoms with Crippen molar-refractivity contribution in [2.45, 2.75) is 31.8 Å². The standard InChI is InChI=1S/C17H22N4O3/c1-20(15(22)10-14-16(23)19-17(24)18-14)11-12-4-6-13(7-5-12)21-8-2-3-9-21/h4-7,14H,2-3,8-11H2,1H3,(H2,18,19,23,24). The third kappa shape index (κ3) is 3.67. The quantitative estimate of drug-likeness (QED) is 0.784. The molecule has 0 aliphatic carbocycles. The van der Waals surface area contributed by atoms with Crippen molar-refractivity contribution in [3.63, 3.8) is 0 Å². The predicted octanol–water partition coefficient (Wildman–Crippen LogP) is 0.843. The van der Waals surface area contributed by atoms with E-state index in [2.05, 4.69) is 27.7 Å². The molecule has 7 heteroatoms. The van der Waals surface area contributed by atoms with Gasteiger partial charge in [0.2, 0.25) is 5.91 Å². The van der Waals surface area contributed by atoms with Crippen LogP contribution < -0.4 is 15.5 Å². The van der Waals surface area contributed by atoms with E-state index in [1.165, 1.54) is 18.5 Å². The molecule has 24 heavy (non-hydrogen) atoms. The first-order valence-electron chi connectivity index (χ1n) is 8.22. The number of nitrogens with zero attached hydrogens (tertiary/aromatic N) is 2. The van der Waals surface area contributed by atoms with E-state index in [0.29, 0.717) is 6.54 Å². The number of benzene rings is 1. The lowest BCUT2D eigenvalue weighted by atomic mass is 10.1.